The lowest BCUT2D eigenvalue weighted by Gasteiger charge is -2.00. The highest BCUT2D eigenvalue weighted by atomic mass is 16.5. The number of hydrogen-bond donors (Lipinski definition) is 0. The van der Waals surface area contributed by atoms with Gasteiger partial charge in [0.1, 0.15) is 0 Å². The summed E-state index contributed by atoms with van der Waals surface area (Å²) in [7, 11) is 1.69. The Kier molecular flexibility index (Phi) is 3.54. The van der Waals surface area contributed by atoms with Crippen LogP contribution < -0.4 is 4.73 Å². The zero-order chi connectivity index (χ0) is 8.81. The van der Waals surface area contributed by atoms with Crippen LogP contribution in [0.2, 0.25) is 0 Å². The van der Waals surface area contributed by atoms with Crippen molar-refractivity contribution in [3.8, 4) is 0 Å². The van der Waals surface area contributed by atoms with E-state index in [1.54, 1.807) is 7.11 Å². The molecule has 0 spiro atoms. The number of hydrogen-bond acceptors (Lipinski definition) is 2. The molecular weight excluding hydrogens is 154 g/mol. The first-order valence-corrected chi connectivity index (χ1v) is 3.99. The van der Waals surface area contributed by atoms with Crippen LogP contribution in [0.4, 0.5) is 0 Å². The summed E-state index contributed by atoms with van der Waals surface area (Å²) < 4.78 is 5.71. The molecule has 1 heterocycles. The number of nitrogens with zero attached hydrogens (tertiary/aromatic N) is 1. The lowest BCUT2D eigenvalue weighted by Crippen LogP contribution is -2.23. The summed E-state index contributed by atoms with van der Waals surface area (Å²) in [5.41, 5.74) is 1.18. The molecule has 1 rings (SSSR count). The minimum atomic E-state index is 0.770. The van der Waals surface area contributed by atoms with E-state index in [2.05, 4.69) is 0 Å². The predicted octanol–water partition coefficient (Wildman–Crippen LogP) is 0.899. The van der Waals surface area contributed by atoms with Gasteiger partial charge in [-0.1, -0.05) is 0 Å². The summed E-state index contributed by atoms with van der Waals surface area (Å²) in [4.78, 5) is 0. The lowest BCUT2D eigenvalue weighted by atomic mass is 10.1. The number of aryl methyl sites for hydroxylation is 1. The Hall–Kier alpha value is -1.09. The summed E-state index contributed by atoms with van der Waals surface area (Å²) in [6, 6.07) is 3.67. The Morgan fingerprint density at radius 3 is 2.67 bits per heavy atom. The van der Waals surface area contributed by atoms with Crippen molar-refractivity contribution in [3.63, 3.8) is 0 Å². The van der Waals surface area contributed by atoms with Crippen LogP contribution in [0, 0.1) is 5.21 Å². The number of pyridine rings is 1. The molecule has 0 N–H and O–H groups in total. The quantitative estimate of drug-likeness (QED) is 0.379. The summed E-state index contributed by atoms with van der Waals surface area (Å²) in [6.45, 7) is 0.770. The fourth-order valence-corrected chi connectivity index (χ4v) is 1.03. The third kappa shape index (κ3) is 2.88. The van der Waals surface area contributed by atoms with Crippen LogP contribution in [0.1, 0.15) is 12.0 Å². The third-order valence-electron chi connectivity index (χ3n) is 1.68. The van der Waals surface area contributed by atoms with Gasteiger partial charge in [0.05, 0.1) is 0 Å². The van der Waals surface area contributed by atoms with Gasteiger partial charge in [0.25, 0.3) is 0 Å². The van der Waals surface area contributed by atoms with Gasteiger partial charge in [0.2, 0.25) is 0 Å². The second-order valence-corrected chi connectivity index (χ2v) is 2.66. The minimum absolute atomic E-state index is 0.770. The molecule has 0 aliphatic carbocycles. The Morgan fingerprint density at radius 1 is 1.42 bits per heavy atom. The van der Waals surface area contributed by atoms with E-state index in [0.29, 0.717) is 0 Å². The van der Waals surface area contributed by atoms with Crippen molar-refractivity contribution in [1.82, 2.24) is 0 Å². The van der Waals surface area contributed by atoms with Gasteiger partial charge in [-0.05, 0) is 18.4 Å². The molecule has 0 aliphatic heterocycles. The SMILES string of the molecule is COCCCc1cc[n+]([O-])cc1. The normalized spacial score (nSPS) is 10.1. The van der Waals surface area contributed by atoms with Crippen LogP contribution in [0.3, 0.4) is 0 Å². The van der Waals surface area contributed by atoms with Crippen LogP contribution in [0.25, 0.3) is 0 Å². The number of ether oxygens (including phenoxy) is 1. The average Bonchev–Trinajstić information content (AvgIpc) is 2.09. The molecule has 0 unspecified atom stereocenters. The molecule has 3 nitrogen and oxygen atoms in total. The molecular formula is C9H13NO2. The molecule has 0 atom stereocenters. The highest BCUT2D eigenvalue weighted by Gasteiger charge is 1.94. The van der Waals surface area contributed by atoms with Crippen molar-refractivity contribution in [2.75, 3.05) is 13.7 Å². The molecule has 1 aromatic rings. The van der Waals surface area contributed by atoms with Gasteiger partial charge in [-0.15, -0.1) is 0 Å². The van der Waals surface area contributed by atoms with Gasteiger partial charge in [-0.2, -0.15) is 4.73 Å². The van der Waals surface area contributed by atoms with Gasteiger partial charge in [-0.3, -0.25) is 0 Å². The van der Waals surface area contributed by atoms with Crippen molar-refractivity contribution in [3.05, 3.63) is 35.3 Å². The van der Waals surface area contributed by atoms with E-state index in [-0.39, 0.29) is 0 Å². The van der Waals surface area contributed by atoms with E-state index in [1.807, 2.05) is 12.1 Å². The molecule has 12 heavy (non-hydrogen) atoms. The minimum Gasteiger partial charge on any atom is -0.619 e. The largest absolute Gasteiger partial charge is 0.619 e. The molecule has 0 saturated carbocycles. The van der Waals surface area contributed by atoms with Crippen LogP contribution in [-0.4, -0.2) is 13.7 Å². The lowest BCUT2D eigenvalue weighted by molar-refractivity contribution is -0.605. The smallest absolute Gasteiger partial charge is 0.180 e. The molecule has 1 aromatic heterocycles. The Morgan fingerprint density at radius 2 is 2.08 bits per heavy atom. The maximum Gasteiger partial charge on any atom is 0.180 e. The molecule has 0 aliphatic rings. The molecule has 0 amide bonds. The van der Waals surface area contributed by atoms with Gasteiger partial charge >= 0.3 is 0 Å². The zero-order valence-corrected chi connectivity index (χ0v) is 7.19. The number of aromatic nitrogens is 1. The summed E-state index contributed by atoms with van der Waals surface area (Å²) in [6.07, 6.45) is 5.00. The second-order valence-electron chi connectivity index (χ2n) is 2.66. The molecule has 0 fully saturated rings. The summed E-state index contributed by atoms with van der Waals surface area (Å²) in [5, 5.41) is 10.6. The molecule has 0 bridgehead atoms. The first-order valence-electron chi connectivity index (χ1n) is 3.99. The highest BCUT2D eigenvalue weighted by Crippen LogP contribution is 1.99. The number of methoxy groups -OCH3 is 1. The first kappa shape index (κ1) is 9.00. The predicted molar refractivity (Wildman–Crippen MR) is 45.6 cm³/mol. The molecule has 0 saturated heterocycles. The van der Waals surface area contributed by atoms with Crippen LogP contribution >= 0.6 is 0 Å². The van der Waals surface area contributed by atoms with E-state index < -0.39 is 0 Å². The van der Waals surface area contributed by atoms with E-state index in [1.165, 1.54) is 18.0 Å². The maximum absolute atomic E-state index is 10.6. The van der Waals surface area contributed by atoms with Crippen molar-refractivity contribution in [2.24, 2.45) is 0 Å². The monoisotopic (exact) mass is 167 g/mol. The van der Waals surface area contributed by atoms with Crippen molar-refractivity contribution >= 4 is 0 Å². The van der Waals surface area contributed by atoms with Gasteiger partial charge in [0, 0.05) is 25.8 Å². The fraction of sp³-hybridized carbons (Fsp3) is 0.444. The van der Waals surface area contributed by atoms with Crippen molar-refractivity contribution in [2.45, 2.75) is 12.8 Å². The third-order valence-corrected chi connectivity index (χ3v) is 1.68. The summed E-state index contributed by atoms with van der Waals surface area (Å²) >= 11 is 0. The van der Waals surface area contributed by atoms with Gasteiger partial charge in [-0.25, -0.2) is 0 Å². The highest BCUT2D eigenvalue weighted by molar-refractivity contribution is 5.07. The van der Waals surface area contributed by atoms with E-state index in [4.69, 9.17) is 4.74 Å². The van der Waals surface area contributed by atoms with Crippen LogP contribution in [0.5, 0.6) is 0 Å². The van der Waals surface area contributed by atoms with Crippen LogP contribution in [0.15, 0.2) is 24.5 Å². The van der Waals surface area contributed by atoms with Crippen molar-refractivity contribution in [1.29, 1.82) is 0 Å². The zero-order valence-electron chi connectivity index (χ0n) is 7.19. The summed E-state index contributed by atoms with van der Waals surface area (Å²) in [5.74, 6) is 0. The van der Waals surface area contributed by atoms with Crippen LogP contribution in [-0.2, 0) is 11.2 Å². The Bertz CT molecular complexity index is 220. The van der Waals surface area contributed by atoms with Crippen molar-refractivity contribution < 1.29 is 9.47 Å². The second kappa shape index (κ2) is 4.72. The molecule has 0 aromatic carbocycles. The average molecular weight is 167 g/mol. The fourth-order valence-electron chi connectivity index (χ4n) is 1.03. The molecule has 3 heteroatoms. The molecule has 0 radical (unpaired) electrons. The van der Waals surface area contributed by atoms with Gasteiger partial charge in [0.15, 0.2) is 12.4 Å². The van der Waals surface area contributed by atoms with Gasteiger partial charge < -0.3 is 9.94 Å². The standard InChI is InChI=1S/C9H13NO2/c1-12-8-2-3-9-4-6-10(11)7-5-9/h4-7H,2-3,8H2,1H3. The Labute approximate surface area is 72.2 Å². The topological polar surface area (TPSA) is 36.2 Å². The Balaban J connectivity index is 2.37. The molecule has 66 valence electrons. The number of rotatable bonds is 4. The van der Waals surface area contributed by atoms with E-state index in [0.717, 1.165) is 24.2 Å². The van der Waals surface area contributed by atoms with E-state index in [9.17, 15) is 5.21 Å². The van der Waals surface area contributed by atoms with E-state index >= 15 is 0 Å². The maximum atomic E-state index is 10.6. The first-order chi connectivity index (χ1) is 5.83.